The van der Waals surface area contributed by atoms with Gasteiger partial charge in [-0.2, -0.15) is 0 Å². The van der Waals surface area contributed by atoms with E-state index in [1.807, 2.05) is 20.8 Å². The number of aryl methyl sites for hydroxylation is 1. The molecule has 0 unspecified atom stereocenters. The van der Waals surface area contributed by atoms with E-state index in [0.29, 0.717) is 25.2 Å². The number of hydrogen-bond donors (Lipinski definition) is 1. The van der Waals surface area contributed by atoms with Crippen LogP contribution < -0.4 is 5.73 Å². The second-order valence-electron chi connectivity index (χ2n) is 5.92. The first-order chi connectivity index (χ1) is 9.73. The van der Waals surface area contributed by atoms with E-state index in [1.165, 1.54) is 6.07 Å². The van der Waals surface area contributed by atoms with E-state index < -0.39 is 4.92 Å². The van der Waals surface area contributed by atoms with Gasteiger partial charge >= 0.3 is 0 Å². The number of para-hydroxylation sites is 1. The second kappa shape index (κ2) is 6.67. The van der Waals surface area contributed by atoms with Crippen molar-refractivity contribution in [1.29, 1.82) is 0 Å². The van der Waals surface area contributed by atoms with Crippen molar-refractivity contribution in [3.8, 4) is 0 Å². The fraction of sp³-hybridized carbons (Fsp3) is 0.533. The topological polar surface area (TPSA) is 89.5 Å². The summed E-state index contributed by atoms with van der Waals surface area (Å²) in [6, 6.07) is 4.80. The minimum absolute atomic E-state index is 0.119. The molecule has 116 valence electrons. The number of nitro benzene ring substituents is 1. The molecular weight excluding hydrogens is 270 g/mol. The number of hydrogen-bond acceptors (Lipinski definition) is 4. The molecule has 0 aliphatic carbocycles. The zero-order valence-corrected chi connectivity index (χ0v) is 13.0. The molecule has 1 rings (SSSR count). The summed E-state index contributed by atoms with van der Waals surface area (Å²) in [6.45, 7) is 8.80. The van der Waals surface area contributed by atoms with Gasteiger partial charge in [-0.1, -0.05) is 26.0 Å². The fourth-order valence-corrected chi connectivity index (χ4v) is 2.15. The van der Waals surface area contributed by atoms with Gasteiger partial charge in [0.25, 0.3) is 11.6 Å². The van der Waals surface area contributed by atoms with Gasteiger partial charge in [0.05, 0.1) is 4.92 Å². The van der Waals surface area contributed by atoms with Crippen LogP contribution in [0.5, 0.6) is 0 Å². The first kappa shape index (κ1) is 17.1. The number of carbonyl (C=O) groups is 1. The van der Waals surface area contributed by atoms with Gasteiger partial charge in [0.2, 0.25) is 0 Å². The lowest BCUT2D eigenvalue weighted by molar-refractivity contribution is -0.385. The summed E-state index contributed by atoms with van der Waals surface area (Å²) in [5, 5.41) is 11.2. The van der Waals surface area contributed by atoms with Crippen molar-refractivity contribution in [3.63, 3.8) is 0 Å². The molecule has 0 fully saturated rings. The van der Waals surface area contributed by atoms with Crippen molar-refractivity contribution < 1.29 is 9.72 Å². The Bertz CT molecular complexity index is 541. The summed E-state index contributed by atoms with van der Waals surface area (Å²) in [6.07, 6.45) is 0. The summed E-state index contributed by atoms with van der Waals surface area (Å²) in [5.41, 5.74) is 5.97. The quantitative estimate of drug-likeness (QED) is 0.644. The van der Waals surface area contributed by atoms with E-state index in [-0.39, 0.29) is 22.6 Å². The molecule has 2 N–H and O–H groups in total. The average Bonchev–Trinajstić information content (AvgIpc) is 2.43. The smallest absolute Gasteiger partial charge is 0.285 e. The minimum Gasteiger partial charge on any atom is -0.338 e. The zero-order valence-electron chi connectivity index (χ0n) is 13.0. The predicted octanol–water partition coefficient (Wildman–Crippen LogP) is 2.35. The van der Waals surface area contributed by atoms with E-state index in [0.717, 1.165) is 0 Å². The lowest BCUT2D eigenvalue weighted by Crippen LogP contribution is -2.42. The lowest BCUT2D eigenvalue weighted by atomic mass is 9.92. The van der Waals surface area contributed by atoms with Gasteiger partial charge in [-0.3, -0.25) is 14.9 Å². The van der Waals surface area contributed by atoms with E-state index in [4.69, 9.17) is 5.73 Å². The molecule has 1 amide bonds. The molecule has 0 aliphatic rings. The molecule has 0 atom stereocenters. The van der Waals surface area contributed by atoms with Crippen LogP contribution in [0.3, 0.4) is 0 Å². The van der Waals surface area contributed by atoms with E-state index >= 15 is 0 Å². The number of rotatable bonds is 6. The molecule has 21 heavy (non-hydrogen) atoms. The minimum atomic E-state index is -0.496. The Morgan fingerprint density at radius 2 is 2.05 bits per heavy atom. The third kappa shape index (κ3) is 4.01. The number of amides is 1. The molecule has 0 heterocycles. The second-order valence-corrected chi connectivity index (χ2v) is 5.92. The zero-order chi connectivity index (χ0) is 16.2. The van der Waals surface area contributed by atoms with Crippen molar-refractivity contribution in [2.45, 2.75) is 27.7 Å². The van der Waals surface area contributed by atoms with Crippen LogP contribution in [-0.4, -0.2) is 35.4 Å². The molecule has 0 aliphatic heterocycles. The molecule has 6 nitrogen and oxygen atoms in total. The standard InChI is InChI=1S/C15H23N3O3/c1-5-17(10-15(3,4)9-16)14(19)12-8-6-7-11(2)13(12)18(20)21/h6-8H,5,9-10,16H2,1-4H3. The van der Waals surface area contributed by atoms with Gasteiger partial charge in [0, 0.05) is 18.7 Å². The fourth-order valence-electron chi connectivity index (χ4n) is 2.15. The van der Waals surface area contributed by atoms with Crippen LogP contribution in [0, 0.1) is 22.5 Å². The van der Waals surface area contributed by atoms with Crippen molar-refractivity contribution in [1.82, 2.24) is 4.90 Å². The Balaban J connectivity index is 3.18. The van der Waals surface area contributed by atoms with Crippen LogP contribution in [0.1, 0.15) is 36.7 Å². The maximum Gasteiger partial charge on any atom is 0.285 e. The molecule has 1 aromatic rings. The molecule has 0 bridgehead atoms. The Morgan fingerprint density at radius 1 is 1.43 bits per heavy atom. The van der Waals surface area contributed by atoms with Crippen LogP contribution in [0.4, 0.5) is 5.69 Å². The highest BCUT2D eigenvalue weighted by atomic mass is 16.6. The first-order valence-corrected chi connectivity index (χ1v) is 6.97. The summed E-state index contributed by atoms with van der Waals surface area (Å²) in [5.74, 6) is -0.325. The summed E-state index contributed by atoms with van der Waals surface area (Å²) >= 11 is 0. The Hall–Kier alpha value is -1.95. The molecule has 0 aromatic heterocycles. The average molecular weight is 293 g/mol. The molecule has 6 heteroatoms. The maximum atomic E-state index is 12.6. The van der Waals surface area contributed by atoms with Crippen molar-refractivity contribution in [2.75, 3.05) is 19.6 Å². The molecule has 0 spiro atoms. The summed E-state index contributed by atoms with van der Waals surface area (Å²) in [7, 11) is 0. The maximum absolute atomic E-state index is 12.6. The molecular formula is C15H23N3O3. The highest BCUT2D eigenvalue weighted by molar-refractivity contribution is 5.98. The van der Waals surface area contributed by atoms with Crippen molar-refractivity contribution >= 4 is 11.6 Å². The molecule has 1 aromatic carbocycles. The van der Waals surface area contributed by atoms with Crippen LogP contribution in [0.25, 0.3) is 0 Å². The molecule has 0 radical (unpaired) electrons. The summed E-state index contributed by atoms with van der Waals surface area (Å²) in [4.78, 5) is 25.0. The normalized spacial score (nSPS) is 11.3. The number of nitro groups is 1. The third-order valence-electron chi connectivity index (χ3n) is 3.49. The molecule has 0 saturated carbocycles. The Kier molecular flexibility index (Phi) is 5.43. The number of nitrogens with zero attached hydrogens (tertiary/aromatic N) is 2. The highest BCUT2D eigenvalue weighted by Crippen LogP contribution is 2.25. The number of nitrogens with two attached hydrogens (primary N) is 1. The predicted molar refractivity (Wildman–Crippen MR) is 82.2 cm³/mol. The number of benzene rings is 1. The Labute approximate surface area is 125 Å². The van der Waals surface area contributed by atoms with E-state index in [2.05, 4.69) is 0 Å². The van der Waals surface area contributed by atoms with Crippen LogP contribution in [0.15, 0.2) is 18.2 Å². The van der Waals surface area contributed by atoms with Crippen LogP contribution in [0.2, 0.25) is 0 Å². The lowest BCUT2D eigenvalue weighted by Gasteiger charge is -2.31. The van der Waals surface area contributed by atoms with E-state index in [1.54, 1.807) is 24.0 Å². The highest BCUT2D eigenvalue weighted by Gasteiger charge is 2.28. The van der Waals surface area contributed by atoms with Crippen LogP contribution in [-0.2, 0) is 0 Å². The first-order valence-electron chi connectivity index (χ1n) is 6.97. The Morgan fingerprint density at radius 3 is 2.52 bits per heavy atom. The number of carbonyl (C=O) groups excluding carboxylic acids is 1. The third-order valence-corrected chi connectivity index (χ3v) is 3.49. The van der Waals surface area contributed by atoms with Crippen LogP contribution >= 0.6 is 0 Å². The van der Waals surface area contributed by atoms with Gasteiger partial charge in [-0.05, 0) is 31.9 Å². The summed E-state index contributed by atoms with van der Waals surface area (Å²) < 4.78 is 0. The van der Waals surface area contributed by atoms with Gasteiger partial charge in [0.15, 0.2) is 0 Å². The monoisotopic (exact) mass is 293 g/mol. The SMILES string of the molecule is CCN(CC(C)(C)CN)C(=O)c1cccc(C)c1[N+](=O)[O-]. The van der Waals surface area contributed by atoms with Crippen molar-refractivity contribution in [2.24, 2.45) is 11.1 Å². The van der Waals surface area contributed by atoms with Gasteiger partial charge in [-0.15, -0.1) is 0 Å². The largest absolute Gasteiger partial charge is 0.338 e. The molecule has 0 saturated heterocycles. The van der Waals surface area contributed by atoms with Gasteiger partial charge < -0.3 is 10.6 Å². The van der Waals surface area contributed by atoms with E-state index in [9.17, 15) is 14.9 Å². The van der Waals surface area contributed by atoms with Crippen molar-refractivity contribution in [3.05, 3.63) is 39.4 Å². The van der Waals surface area contributed by atoms with Gasteiger partial charge in [0.1, 0.15) is 5.56 Å². The van der Waals surface area contributed by atoms with Gasteiger partial charge in [-0.25, -0.2) is 0 Å².